The minimum Gasteiger partial charge on any atom is -0.483 e. The van der Waals surface area contributed by atoms with Crippen molar-refractivity contribution in [3.63, 3.8) is 0 Å². The molecule has 2 amide bonds. The lowest BCUT2D eigenvalue weighted by molar-refractivity contribution is -0.136. The second-order valence-corrected chi connectivity index (χ2v) is 8.02. The number of amides is 2. The van der Waals surface area contributed by atoms with Crippen molar-refractivity contribution < 1.29 is 23.2 Å². The molecule has 168 valence electrons. The Balaban J connectivity index is 1.43. The molecule has 2 unspecified atom stereocenters. The van der Waals surface area contributed by atoms with Gasteiger partial charge in [0.1, 0.15) is 23.3 Å². The van der Waals surface area contributed by atoms with Gasteiger partial charge in [-0.25, -0.2) is 5.01 Å². The number of allylic oxidation sites excluding steroid dienone is 1. The summed E-state index contributed by atoms with van der Waals surface area (Å²) in [6.07, 6.45) is 7.92. The molecule has 3 aromatic rings. The fourth-order valence-electron chi connectivity index (χ4n) is 4.49. The third kappa shape index (κ3) is 4.07. The minimum absolute atomic E-state index is 0.00738. The van der Waals surface area contributed by atoms with Gasteiger partial charge in [0.2, 0.25) is 0 Å². The second kappa shape index (κ2) is 8.82. The Hall–Kier alpha value is -4.07. The van der Waals surface area contributed by atoms with Gasteiger partial charge in [-0.05, 0) is 67.3 Å². The number of para-hydroxylation sites is 1. The van der Waals surface area contributed by atoms with Crippen LogP contribution in [0.1, 0.15) is 47.2 Å². The normalized spacial score (nSPS) is 21.0. The maximum absolute atomic E-state index is 13.3. The van der Waals surface area contributed by atoms with E-state index in [1.54, 1.807) is 42.9 Å². The minimum atomic E-state index is -0.619. The van der Waals surface area contributed by atoms with Gasteiger partial charge in [-0.2, -0.15) is 5.10 Å². The highest BCUT2D eigenvalue weighted by atomic mass is 16.5. The summed E-state index contributed by atoms with van der Waals surface area (Å²) in [5.74, 6) is 0.730. The SMILES string of the molecule is NC(=O)c1ccccc1OCC(=O)N1N=C2/C(=C/c3ccco3)CCCC2C1c1ccco1. The molecule has 1 aliphatic heterocycles. The summed E-state index contributed by atoms with van der Waals surface area (Å²) in [5, 5.41) is 6.19. The number of furan rings is 2. The molecule has 33 heavy (non-hydrogen) atoms. The molecular formula is C25H23N3O5. The highest BCUT2D eigenvalue weighted by molar-refractivity contribution is 6.08. The van der Waals surface area contributed by atoms with E-state index in [0.717, 1.165) is 36.3 Å². The summed E-state index contributed by atoms with van der Waals surface area (Å²) in [4.78, 5) is 24.9. The zero-order valence-electron chi connectivity index (χ0n) is 17.8. The van der Waals surface area contributed by atoms with Gasteiger partial charge in [-0.15, -0.1) is 0 Å². The first kappa shape index (κ1) is 20.8. The van der Waals surface area contributed by atoms with Gasteiger partial charge in [0.25, 0.3) is 11.8 Å². The van der Waals surface area contributed by atoms with Crippen molar-refractivity contribution in [3.05, 3.63) is 83.7 Å². The first-order valence-electron chi connectivity index (χ1n) is 10.8. The molecule has 1 saturated carbocycles. The lowest BCUT2D eigenvalue weighted by atomic mass is 9.79. The van der Waals surface area contributed by atoms with Gasteiger partial charge in [0, 0.05) is 5.92 Å². The molecular weight excluding hydrogens is 422 g/mol. The van der Waals surface area contributed by atoms with Gasteiger partial charge in [0.05, 0.1) is 23.8 Å². The van der Waals surface area contributed by atoms with Crippen molar-refractivity contribution in [1.82, 2.24) is 5.01 Å². The van der Waals surface area contributed by atoms with E-state index in [0.29, 0.717) is 5.76 Å². The molecule has 1 aromatic carbocycles. The van der Waals surface area contributed by atoms with E-state index in [1.807, 2.05) is 24.3 Å². The lowest BCUT2D eigenvalue weighted by Gasteiger charge is -2.27. The fraction of sp³-hybridized carbons (Fsp3) is 0.240. The molecule has 1 fully saturated rings. The van der Waals surface area contributed by atoms with E-state index in [-0.39, 0.29) is 35.8 Å². The number of nitrogens with zero attached hydrogens (tertiary/aromatic N) is 2. The van der Waals surface area contributed by atoms with Gasteiger partial charge in [0.15, 0.2) is 6.61 Å². The summed E-state index contributed by atoms with van der Waals surface area (Å²) in [6.45, 7) is -0.289. The van der Waals surface area contributed by atoms with Gasteiger partial charge in [-0.3, -0.25) is 9.59 Å². The number of primary amides is 1. The molecule has 0 radical (unpaired) electrons. The zero-order valence-corrected chi connectivity index (χ0v) is 17.8. The number of hydrogen-bond acceptors (Lipinski definition) is 6. The Kier molecular flexibility index (Phi) is 5.56. The first-order chi connectivity index (χ1) is 16.1. The first-order valence-corrected chi connectivity index (χ1v) is 10.8. The number of carbonyl (C=O) groups excluding carboxylic acids is 2. The fourth-order valence-corrected chi connectivity index (χ4v) is 4.49. The Labute approximate surface area is 190 Å². The van der Waals surface area contributed by atoms with Gasteiger partial charge in [-0.1, -0.05) is 12.1 Å². The van der Waals surface area contributed by atoms with E-state index in [4.69, 9.17) is 24.4 Å². The van der Waals surface area contributed by atoms with Crippen LogP contribution in [-0.2, 0) is 4.79 Å². The highest BCUT2D eigenvalue weighted by Gasteiger charge is 2.45. The number of ether oxygens (including phenoxy) is 1. The van der Waals surface area contributed by atoms with E-state index < -0.39 is 5.91 Å². The average Bonchev–Trinajstić information content (AvgIpc) is 3.58. The van der Waals surface area contributed by atoms with Crippen molar-refractivity contribution in [2.45, 2.75) is 25.3 Å². The molecule has 1 aliphatic carbocycles. The monoisotopic (exact) mass is 445 g/mol. The van der Waals surface area contributed by atoms with Crippen molar-refractivity contribution in [2.24, 2.45) is 16.8 Å². The maximum Gasteiger partial charge on any atom is 0.281 e. The summed E-state index contributed by atoms with van der Waals surface area (Å²) in [6, 6.07) is 13.6. The summed E-state index contributed by atoms with van der Waals surface area (Å²) in [7, 11) is 0. The van der Waals surface area contributed by atoms with E-state index in [9.17, 15) is 9.59 Å². The quantitative estimate of drug-likeness (QED) is 0.612. The van der Waals surface area contributed by atoms with Crippen LogP contribution in [0.25, 0.3) is 6.08 Å². The van der Waals surface area contributed by atoms with E-state index in [2.05, 4.69) is 0 Å². The van der Waals surface area contributed by atoms with Crippen LogP contribution in [0, 0.1) is 5.92 Å². The Bertz CT molecular complexity index is 1210. The Morgan fingerprint density at radius 2 is 1.94 bits per heavy atom. The number of nitrogens with two attached hydrogens (primary N) is 1. The van der Waals surface area contributed by atoms with Crippen molar-refractivity contribution in [1.29, 1.82) is 0 Å². The third-order valence-electron chi connectivity index (χ3n) is 5.96. The van der Waals surface area contributed by atoms with Crippen LogP contribution in [-0.4, -0.2) is 29.1 Å². The van der Waals surface area contributed by atoms with E-state index in [1.165, 1.54) is 5.01 Å². The van der Waals surface area contributed by atoms with Crippen LogP contribution in [0.15, 0.2) is 80.6 Å². The number of hydrazone groups is 1. The highest BCUT2D eigenvalue weighted by Crippen LogP contribution is 2.44. The molecule has 2 aliphatic rings. The second-order valence-electron chi connectivity index (χ2n) is 8.02. The molecule has 8 nitrogen and oxygen atoms in total. The molecule has 2 aromatic heterocycles. The summed E-state index contributed by atoms with van der Waals surface area (Å²) >= 11 is 0. The number of rotatable bonds is 6. The molecule has 2 atom stereocenters. The molecule has 0 bridgehead atoms. The smallest absolute Gasteiger partial charge is 0.281 e. The average molecular weight is 445 g/mol. The van der Waals surface area contributed by atoms with Crippen LogP contribution in [0.3, 0.4) is 0 Å². The Morgan fingerprint density at radius 1 is 1.12 bits per heavy atom. The Morgan fingerprint density at radius 3 is 2.70 bits per heavy atom. The molecule has 2 N–H and O–H groups in total. The van der Waals surface area contributed by atoms with E-state index >= 15 is 0 Å². The maximum atomic E-state index is 13.3. The molecule has 5 rings (SSSR count). The van der Waals surface area contributed by atoms with Gasteiger partial charge < -0.3 is 19.3 Å². The van der Waals surface area contributed by atoms with Crippen LogP contribution >= 0.6 is 0 Å². The molecule has 8 heteroatoms. The predicted molar refractivity (Wildman–Crippen MR) is 120 cm³/mol. The molecule has 0 saturated heterocycles. The predicted octanol–water partition coefficient (Wildman–Crippen LogP) is 4.17. The third-order valence-corrected chi connectivity index (χ3v) is 5.96. The van der Waals surface area contributed by atoms with Crippen molar-refractivity contribution >= 4 is 23.6 Å². The van der Waals surface area contributed by atoms with Crippen LogP contribution in [0.5, 0.6) is 5.75 Å². The van der Waals surface area contributed by atoms with Crippen LogP contribution in [0.2, 0.25) is 0 Å². The van der Waals surface area contributed by atoms with Crippen LogP contribution < -0.4 is 10.5 Å². The number of fused-ring (bicyclic) bond motifs is 1. The van der Waals surface area contributed by atoms with Crippen molar-refractivity contribution in [3.8, 4) is 5.75 Å². The van der Waals surface area contributed by atoms with Gasteiger partial charge >= 0.3 is 0 Å². The summed E-state index contributed by atoms with van der Waals surface area (Å²) < 4.78 is 16.9. The zero-order chi connectivity index (χ0) is 22.8. The van der Waals surface area contributed by atoms with Crippen LogP contribution in [0.4, 0.5) is 0 Å². The standard InChI is InChI=1S/C25H23N3O5/c26-25(30)18-8-1-2-10-20(18)33-15-22(29)28-24(21-11-5-13-32-21)19-9-3-6-16(23(19)27-28)14-17-7-4-12-31-17/h1-2,4-5,7-8,10-14,19,24H,3,6,9,15H2,(H2,26,30)/b16-14+. The van der Waals surface area contributed by atoms with Crippen molar-refractivity contribution in [2.75, 3.05) is 6.61 Å². The number of carbonyl (C=O) groups is 2. The summed E-state index contributed by atoms with van der Waals surface area (Å²) in [5.41, 5.74) is 7.55. The number of benzene rings is 1. The molecule has 3 heterocycles. The molecule has 0 spiro atoms. The largest absolute Gasteiger partial charge is 0.483 e. The lowest BCUT2D eigenvalue weighted by Crippen LogP contribution is -2.34. The topological polar surface area (TPSA) is 111 Å². The number of hydrogen-bond donors (Lipinski definition) is 1.